The van der Waals surface area contributed by atoms with Gasteiger partial charge in [-0.15, -0.1) is 0 Å². The van der Waals surface area contributed by atoms with E-state index >= 15 is 0 Å². The number of nitriles is 1. The number of para-hydroxylation sites is 1. The molecule has 0 amide bonds. The Morgan fingerprint density at radius 3 is 2.96 bits per heavy atom. The molecule has 0 radical (unpaired) electrons. The average molecular weight is 361 g/mol. The first-order chi connectivity index (χ1) is 12.7. The number of nitrogens with one attached hydrogen (secondary N) is 3. The molecule has 1 aromatic carbocycles. The van der Waals surface area contributed by atoms with Crippen LogP contribution in [0.5, 0.6) is 17.2 Å². The van der Waals surface area contributed by atoms with E-state index < -0.39 is 0 Å². The molecule has 3 N–H and O–H groups in total. The Hall–Kier alpha value is -2.66. The molecule has 8 heteroatoms. The molecule has 1 aliphatic heterocycles. The summed E-state index contributed by atoms with van der Waals surface area (Å²) in [6, 6.07) is 5.88. The monoisotopic (exact) mass is 361 g/mol. The summed E-state index contributed by atoms with van der Waals surface area (Å²) in [5.74, 6) is 2.64. The van der Waals surface area contributed by atoms with Crippen LogP contribution in [0.1, 0.15) is 20.3 Å². The number of guanidine groups is 1. The highest BCUT2D eigenvalue weighted by molar-refractivity contribution is 5.81. The highest BCUT2D eigenvalue weighted by Crippen LogP contribution is 2.38. The maximum Gasteiger partial charge on any atom is 0.204 e. The van der Waals surface area contributed by atoms with Crippen molar-refractivity contribution in [2.24, 2.45) is 4.99 Å². The summed E-state index contributed by atoms with van der Waals surface area (Å²) in [5, 5.41) is 17.6. The van der Waals surface area contributed by atoms with E-state index in [4.69, 9.17) is 19.5 Å². The van der Waals surface area contributed by atoms with Crippen molar-refractivity contribution in [2.45, 2.75) is 26.3 Å². The lowest BCUT2D eigenvalue weighted by molar-refractivity contribution is 0.162. The van der Waals surface area contributed by atoms with Gasteiger partial charge in [0, 0.05) is 19.1 Å². The first-order valence-corrected chi connectivity index (χ1v) is 8.89. The normalized spacial score (nSPS) is 13.2. The predicted molar refractivity (Wildman–Crippen MR) is 99.7 cm³/mol. The van der Waals surface area contributed by atoms with Gasteiger partial charge in [-0.05, 0) is 38.9 Å². The van der Waals surface area contributed by atoms with Crippen LogP contribution < -0.4 is 30.2 Å². The van der Waals surface area contributed by atoms with Crippen molar-refractivity contribution in [3.8, 4) is 23.4 Å². The molecule has 8 nitrogen and oxygen atoms in total. The van der Waals surface area contributed by atoms with Crippen LogP contribution in [0, 0.1) is 11.5 Å². The van der Waals surface area contributed by atoms with Crippen molar-refractivity contribution < 1.29 is 14.2 Å². The number of aliphatic imine (C=N–C) groups is 1. The Labute approximate surface area is 154 Å². The summed E-state index contributed by atoms with van der Waals surface area (Å²) in [6.07, 6.45) is 2.75. The number of hydrogen-bond acceptors (Lipinski definition) is 6. The van der Waals surface area contributed by atoms with Crippen LogP contribution in [0.25, 0.3) is 0 Å². The molecule has 0 aromatic heterocycles. The fourth-order valence-electron chi connectivity index (χ4n) is 2.36. The first-order valence-electron chi connectivity index (χ1n) is 8.89. The zero-order valence-corrected chi connectivity index (χ0v) is 15.4. The predicted octanol–water partition coefficient (Wildman–Crippen LogP) is 1.24. The van der Waals surface area contributed by atoms with E-state index in [0.717, 1.165) is 25.3 Å². The SMILES string of the molecule is CC(C)NC(=NCCCNCCOc1cccc2c1OCCO2)NC#N. The van der Waals surface area contributed by atoms with Crippen molar-refractivity contribution >= 4 is 5.96 Å². The summed E-state index contributed by atoms with van der Waals surface area (Å²) in [4.78, 5) is 4.34. The number of ether oxygens (including phenoxy) is 3. The van der Waals surface area contributed by atoms with Gasteiger partial charge in [0.2, 0.25) is 11.7 Å². The molecule has 0 saturated heterocycles. The van der Waals surface area contributed by atoms with E-state index in [9.17, 15) is 0 Å². The Bertz CT molecular complexity index is 628. The lowest BCUT2D eigenvalue weighted by Gasteiger charge is -2.20. The largest absolute Gasteiger partial charge is 0.488 e. The molecule has 0 fully saturated rings. The van der Waals surface area contributed by atoms with Crippen LogP contribution >= 0.6 is 0 Å². The van der Waals surface area contributed by atoms with E-state index in [1.54, 1.807) is 0 Å². The number of nitrogens with zero attached hydrogens (tertiary/aromatic N) is 2. The second kappa shape index (κ2) is 11.1. The highest BCUT2D eigenvalue weighted by Gasteiger charge is 2.16. The third-order valence-corrected chi connectivity index (χ3v) is 3.45. The Morgan fingerprint density at radius 2 is 2.15 bits per heavy atom. The smallest absolute Gasteiger partial charge is 0.204 e. The molecular weight excluding hydrogens is 334 g/mol. The summed E-state index contributed by atoms with van der Waals surface area (Å²) >= 11 is 0. The van der Waals surface area contributed by atoms with E-state index in [-0.39, 0.29) is 6.04 Å². The minimum absolute atomic E-state index is 0.225. The number of fused-ring (bicyclic) bond motifs is 1. The minimum atomic E-state index is 0.225. The molecule has 26 heavy (non-hydrogen) atoms. The summed E-state index contributed by atoms with van der Waals surface area (Å²) < 4.78 is 16.9. The van der Waals surface area contributed by atoms with Crippen LogP contribution in [-0.2, 0) is 0 Å². The molecule has 0 aliphatic carbocycles. The van der Waals surface area contributed by atoms with Crippen LogP contribution in [0.3, 0.4) is 0 Å². The number of rotatable bonds is 9. The van der Waals surface area contributed by atoms with Crippen molar-refractivity contribution in [3.63, 3.8) is 0 Å². The molecule has 0 atom stereocenters. The second-order valence-electron chi connectivity index (χ2n) is 6.00. The summed E-state index contributed by atoms with van der Waals surface area (Å²) in [6.45, 7) is 7.82. The van der Waals surface area contributed by atoms with Crippen LogP contribution in [0.2, 0.25) is 0 Å². The Morgan fingerprint density at radius 1 is 1.31 bits per heavy atom. The van der Waals surface area contributed by atoms with Gasteiger partial charge in [0.1, 0.15) is 19.8 Å². The van der Waals surface area contributed by atoms with Gasteiger partial charge >= 0.3 is 0 Å². The van der Waals surface area contributed by atoms with E-state index in [1.807, 2.05) is 38.2 Å². The zero-order valence-electron chi connectivity index (χ0n) is 15.4. The van der Waals surface area contributed by atoms with Crippen molar-refractivity contribution in [2.75, 3.05) is 39.5 Å². The zero-order chi connectivity index (χ0) is 18.6. The lowest BCUT2D eigenvalue weighted by Crippen LogP contribution is -2.39. The second-order valence-corrected chi connectivity index (χ2v) is 6.00. The van der Waals surface area contributed by atoms with E-state index in [2.05, 4.69) is 20.9 Å². The topological polar surface area (TPSA) is 99.9 Å². The van der Waals surface area contributed by atoms with Gasteiger partial charge < -0.3 is 24.8 Å². The van der Waals surface area contributed by atoms with Gasteiger partial charge in [-0.3, -0.25) is 10.3 Å². The van der Waals surface area contributed by atoms with Crippen LogP contribution in [0.15, 0.2) is 23.2 Å². The standard InChI is InChI=1S/C18H27N5O3/c1-14(2)23-18(22-13-19)21-8-4-7-20-9-10-24-15-5-3-6-16-17(15)26-12-11-25-16/h3,5-6,14,20H,4,7-12H2,1-2H3,(H2,21,22,23). The van der Waals surface area contributed by atoms with Gasteiger partial charge in [0.05, 0.1) is 0 Å². The summed E-state index contributed by atoms with van der Waals surface area (Å²) in [5.41, 5.74) is 0. The fraction of sp³-hybridized carbons (Fsp3) is 0.556. The molecule has 2 rings (SSSR count). The van der Waals surface area contributed by atoms with Gasteiger partial charge in [-0.25, -0.2) is 0 Å². The Kier molecular flexibility index (Phi) is 8.36. The molecule has 0 bridgehead atoms. The third-order valence-electron chi connectivity index (χ3n) is 3.45. The maximum atomic E-state index is 8.69. The maximum absolute atomic E-state index is 8.69. The minimum Gasteiger partial charge on any atom is -0.488 e. The molecule has 0 saturated carbocycles. The highest BCUT2D eigenvalue weighted by atomic mass is 16.6. The summed E-state index contributed by atoms with van der Waals surface area (Å²) in [7, 11) is 0. The molecule has 142 valence electrons. The number of hydrogen-bond donors (Lipinski definition) is 3. The van der Waals surface area contributed by atoms with E-state index in [1.165, 1.54) is 0 Å². The van der Waals surface area contributed by atoms with Gasteiger partial charge in [0.15, 0.2) is 17.7 Å². The molecule has 1 aliphatic rings. The number of benzene rings is 1. The third kappa shape index (κ3) is 6.69. The van der Waals surface area contributed by atoms with Gasteiger partial charge in [0.25, 0.3) is 0 Å². The first kappa shape index (κ1) is 19.7. The van der Waals surface area contributed by atoms with Gasteiger partial charge in [-0.1, -0.05) is 6.07 Å². The van der Waals surface area contributed by atoms with Crippen LogP contribution in [-0.4, -0.2) is 51.5 Å². The van der Waals surface area contributed by atoms with E-state index in [0.29, 0.717) is 43.8 Å². The lowest BCUT2D eigenvalue weighted by atomic mass is 10.3. The van der Waals surface area contributed by atoms with Crippen molar-refractivity contribution in [1.29, 1.82) is 5.26 Å². The van der Waals surface area contributed by atoms with Crippen molar-refractivity contribution in [1.82, 2.24) is 16.0 Å². The quantitative estimate of drug-likeness (QED) is 0.200. The van der Waals surface area contributed by atoms with Gasteiger partial charge in [-0.2, -0.15) is 5.26 Å². The molecule has 0 unspecified atom stereocenters. The molecule has 1 heterocycles. The Balaban J connectivity index is 1.61. The molecule has 1 aromatic rings. The van der Waals surface area contributed by atoms with Crippen molar-refractivity contribution in [3.05, 3.63) is 18.2 Å². The van der Waals surface area contributed by atoms with Crippen LogP contribution in [0.4, 0.5) is 0 Å². The fourth-order valence-corrected chi connectivity index (χ4v) is 2.36. The average Bonchev–Trinajstić information content (AvgIpc) is 2.63. The molecule has 0 spiro atoms. The molecular formula is C18H27N5O3.